The quantitative estimate of drug-likeness (QED) is 0.280. The Balaban J connectivity index is 1.35. The first-order valence-corrected chi connectivity index (χ1v) is 14.4. The third kappa shape index (κ3) is 6.11. The molecule has 40 heavy (non-hydrogen) atoms. The standard InChI is InChI=1S/C33H41N3O4/c1-4-34-17-19-35(20-18-34)30-13-8-12-27-28(30)23-36(33(27)37)29(26-15-16-31(38-2)32(22-26)39-3)14-9-21-40-24-25-10-6-5-7-11-25/h5-8,10-13,15-16,22,29H,4,9,14,17-21,23-24H2,1-3H3/t29-/m1/s1. The van der Waals surface area contributed by atoms with Crippen LogP contribution in [0.3, 0.4) is 0 Å². The molecule has 3 aromatic rings. The van der Waals surface area contributed by atoms with Crippen molar-refractivity contribution in [1.82, 2.24) is 9.80 Å². The van der Waals surface area contributed by atoms with Gasteiger partial charge in [-0.05, 0) is 54.8 Å². The normalized spacial score (nSPS) is 16.2. The molecule has 2 aliphatic rings. The molecule has 5 rings (SSSR count). The minimum Gasteiger partial charge on any atom is -0.493 e. The minimum atomic E-state index is -0.107. The van der Waals surface area contributed by atoms with Crippen LogP contribution in [0.5, 0.6) is 11.5 Å². The van der Waals surface area contributed by atoms with Crippen LogP contribution in [0.4, 0.5) is 5.69 Å². The number of anilines is 1. The molecule has 3 aromatic carbocycles. The fourth-order valence-electron chi connectivity index (χ4n) is 5.90. The van der Waals surface area contributed by atoms with Gasteiger partial charge in [-0.3, -0.25) is 4.79 Å². The van der Waals surface area contributed by atoms with Gasteiger partial charge >= 0.3 is 0 Å². The zero-order valence-electron chi connectivity index (χ0n) is 24.0. The maximum atomic E-state index is 13.9. The number of likely N-dealkylation sites (N-methyl/N-ethyl adjacent to an activating group) is 1. The molecule has 0 bridgehead atoms. The molecule has 0 saturated carbocycles. The second-order valence-electron chi connectivity index (χ2n) is 10.5. The van der Waals surface area contributed by atoms with Crippen LogP contribution in [0.15, 0.2) is 66.7 Å². The lowest BCUT2D eigenvalue weighted by molar-refractivity contribution is 0.0660. The summed E-state index contributed by atoms with van der Waals surface area (Å²) in [5, 5.41) is 0. The Kier molecular flexibility index (Phi) is 9.24. The summed E-state index contributed by atoms with van der Waals surface area (Å²) in [6.07, 6.45) is 1.62. The van der Waals surface area contributed by atoms with Crippen molar-refractivity contribution >= 4 is 11.6 Å². The van der Waals surface area contributed by atoms with Crippen molar-refractivity contribution in [2.45, 2.75) is 39.0 Å². The summed E-state index contributed by atoms with van der Waals surface area (Å²) in [6, 6.07) is 22.3. The van der Waals surface area contributed by atoms with Crippen molar-refractivity contribution in [1.29, 1.82) is 0 Å². The Labute approximate surface area is 238 Å². The number of rotatable bonds is 12. The van der Waals surface area contributed by atoms with E-state index in [2.05, 4.69) is 41.0 Å². The van der Waals surface area contributed by atoms with E-state index in [9.17, 15) is 4.79 Å². The monoisotopic (exact) mass is 543 g/mol. The van der Waals surface area contributed by atoms with Gasteiger partial charge in [-0.1, -0.05) is 49.4 Å². The van der Waals surface area contributed by atoms with Crippen molar-refractivity contribution in [3.63, 3.8) is 0 Å². The molecular formula is C33H41N3O4. The van der Waals surface area contributed by atoms with Crippen LogP contribution in [-0.2, 0) is 17.9 Å². The van der Waals surface area contributed by atoms with E-state index < -0.39 is 0 Å². The summed E-state index contributed by atoms with van der Waals surface area (Å²) in [5.74, 6) is 1.44. The minimum absolute atomic E-state index is 0.0917. The smallest absolute Gasteiger partial charge is 0.255 e. The zero-order valence-corrected chi connectivity index (χ0v) is 24.0. The summed E-state index contributed by atoms with van der Waals surface area (Å²) in [4.78, 5) is 20.9. The molecule has 1 atom stereocenters. The van der Waals surface area contributed by atoms with Crippen LogP contribution in [0.1, 0.15) is 52.9 Å². The van der Waals surface area contributed by atoms with Gasteiger partial charge in [0.1, 0.15) is 0 Å². The fourth-order valence-corrected chi connectivity index (χ4v) is 5.90. The molecule has 7 nitrogen and oxygen atoms in total. The lowest BCUT2D eigenvalue weighted by Gasteiger charge is -2.36. The van der Waals surface area contributed by atoms with Gasteiger partial charge in [0.2, 0.25) is 0 Å². The van der Waals surface area contributed by atoms with Crippen molar-refractivity contribution < 1.29 is 19.0 Å². The molecule has 1 saturated heterocycles. The molecule has 1 fully saturated rings. The van der Waals surface area contributed by atoms with Crippen molar-refractivity contribution in [2.24, 2.45) is 0 Å². The molecule has 7 heteroatoms. The first-order chi connectivity index (χ1) is 19.6. The largest absolute Gasteiger partial charge is 0.493 e. The number of hydrogen-bond donors (Lipinski definition) is 0. The fraction of sp³-hybridized carbons (Fsp3) is 0.424. The molecular weight excluding hydrogens is 502 g/mol. The van der Waals surface area contributed by atoms with Gasteiger partial charge in [-0.15, -0.1) is 0 Å². The first-order valence-electron chi connectivity index (χ1n) is 14.4. The Bertz CT molecular complexity index is 1270. The average molecular weight is 544 g/mol. The van der Waals surface area contributed by atoms with Crippen LogP contribution >= 0.6 is 0 Å². The van der Waals surface area contributed by atoms with Gasteiger partial charge in [0.25, 0.3) is 5.91 Å². The summed E-state index contributed by atoms with van der Waals surface area (Å²) in [5.41, 5.74) is 5.36. The number of carbonyl (C=O) groups excluding carboxylic acids is 1. The van der Waals surface area contributed by atoms with Crippen molar-refractivity contribution in [3.05, 3.63) is 89.0 Å². The molecule has 0 aliphatic carbocycles. The van der Waals surface area contributed by atoms with Crippen LogP contribution in [0.2, 0.25) is 0 Å². The van der Waals surface area contributed by atoms with Crippen molar-refractivity contribution in [3.8, 4) is 11.5 Å². The highest BCUT2D eigenvalue weighted by atomic mass is 16.5. The van der Waals surface area contributed by atoms with E-state index in [0.29, 0.717) is 31.3 Å². The molecule has 0 spiro atoms. The topological polar surface area (TPSA) is 54.5 Å². The van der Waals surface area contributed by atoms with Gasteiger partial charge < -0.3 is 28.9 Å². The Hall–Kier alpha value is -3.55. The number of benzene rings is 3. The molecule has 212 valence electrons. The molecule has 0 aromatic heterocycles. The van der Waals surface area contributed by atoms with E-state index in [1.807, 2.05) is 47.4 Å². The van der Waals surface area contributed by atoms with Crippen LogP contribution in [-0.4, -0.2) is 69.3 Å². The summed E-state index contributed by atoms with van der Waals surface area (Å²) in [6.45, 7) is 9.17. The Morgan fingerprint density at radius 2 is 1.65 bits per heavy atom. The van der Waals surface area contributed by atoms with Gasteiger partial charge in [-0.25, -0.2) is 0 Å². The van der Waals surface area contributed by atoms with Crippen LogP contribution in [0, 0.1) is 0 Å². The van der Waals surface area contributed by atoms with E-state index >= 15 is 0 Å². The van der Waals surface area contributed by atoms with Crippen molar-refractivity contribution in [2.75, 3.05) is 58.5 Å². The van der Waals surface area contributed by atoms with E-state index in [0.717, 1.165) is 67.8 Å². The number of methoxy groups -OCH3 is 2. The third-order valence-corrected chi connectivity index (χ3v) is 8.18. The van der Waals surface area contributed by atoms with Gasteiger partial charge in [0.05, 0.1) is 26.9 Å². The van der Waals surface area contributed by atoms with Crippen LogP contribution in [0.25, 0.3) is 0 Å². The molecule has 1 amide bonds. The predicted molar refractivity (Wildman–Crippen MR) is 158 cm³/mol. The Morgan fingerprint density at radius 1 is 0.875 bits per heavy atom. The van der Waals surface area contributed by atoms with Gasteiger partial charge in [0, 0.05) is 56.1 Å². The number of piperazine rings is 1. The second kappa shape index (κ2) is 13.2. The number of nitrogens with zero attached hydrogens (tertiary/aromatic N) is 3. The SMILES string of the molecule is CCN1CCN(c2cccc3c2CN([C@H](CCCOCc2ccccc2)c2ccc(OC)c(OC)c2)C3=O)CC1. The molecule has 2 aliphatic heterocycles. The highest BCUT2D eigenvalue weighted by Gasteiger charge is 2.36. The first kappa shape index (κ1) is 28.0. The lowest BCUT2D eigenvalue weighted by Crippen LogP contribution is -2.46. The number of fused-ring (bicyclic) bond motifs is 1. The number of ether oxygens (including phenoxy) is 3. The second-order valence-corrected chi connectivity index (χ2v) is 10.5. The number of hydrogen-bond acceptors (Lipinski definition) is 6. The van der Waals surface area contributed by atoms with Crippen LogP contribution < -0.4 is 14.4 Å². The summed E-state index contributed by atoms with van der Waals surface area (Å²) in [7, 11) is 3.29. The summed E-state index contributed by atoms with van der Waals surface area (Å²) < 4.78 is 17.1. The van der Waals surface area contributed by atoms with Gasteiger partial charge in [-0.2, -0.15) is 0 Å². The lowest BCUT2D eigenvalue weighted by atomic mass is 9.99. The maximum Gasteiger partial charge on any atom is 0.255 e. The number of carbonyl (C=O) groups is 1. The zero-order chi connectivity index (χ0) is 27.9. The van der Waals surface area contributed by atoms with E-state index in [-0.39, 0.29) is 11.9 Å². The average Bonchev–Trinajstić information content (AvgIpc) is 3.35. The maximum absolute atomic E-state index is 13.9. The highest BCUT2D eigenvalue weighted by Crippen LogP contribution is 2.40. The van der Waals surface area contributed by atoms with E-state index in [4.69, 9.17) is 14.2 Å². The third-order valence-electron chi connectivity index (χ3n) is 8.18. The predicted octanol–water partition coefficient (Wildman–Crippen LogP) is 5.54. The Morgan fingerprint density at radius 3 is 2.38 bits per heavy atom. The molecule has 0 radical (unpaired) electrons. The highest BCUT2D eigenvalue weighted by molar-refractivity contribution is 6.00. The summed E-state index contributed by atoms with van der Waals surface area (Å²) >= 11 is 0. The van der Waals surface area contributed by atoms with E-state index in [1.54, 1.807) is 14.2 Å². The van der Waals surface area contributed by atoms with E-state index in [1.165, 1.54) is 5.69 Å². The molecule has 0 N–H and O–H groups in total. The number of amides is 1. The molecule has 0 unspecified atom stereocenters. The van der Waals surface area contributed by atoms with Gasteiger partial charge in [0.15, 0.2) is 11.5 Å². The molecule has 2 heterocycles.